The Morgan fingerprint density at radius 1 is 1.04 bits per heavy atom. The summed E-state index contributed by atoms with van der Waals surface area (Å²) in [7, 11) is 3.16. The molecule has 0 saturated heterocycles. The monoisotopic (exact) mass is 327 g/mol. The number of carbonyl (C=O) groups is 1. The van der Waals surface area contributed by atoms with E-state index in [0.717, 1.165) is 5.56 Å². The highest BCUT2D eigenvalue weighted by atomic mass is 16.7. The average Bonchev–Trinajstić information content (AvgIpc) is 2.65. The summed E-state index contributed by atoms with van der Waals surface area (Å²) < 4.78 is 15.8. The van der Waals surface area contributed by atoms with Gasteiger partial charge < -0.3 is 19.0 Å². The first-order chi connectivity index (χ1) is 11.7. The molecule has 0 saturated carbocycles. The van der Waals surface area contributed by atoms with Crippen molar-refractivity contribution in [2.45, 2.75) is 6.42 Å². The van der Waals surface area contributed by atoms with Crippen LogP contribution in [0.1, 0.15) is 22.3 Å². The van der Waals surface area contributed by atoms with E-state index in [4.69, 9.17) is 19.0 Å². The van der Waals surface area contributed by atoms with Gasteiger partial charge in [-0.25, -0.2) is 4.79 Å². The van der Waals surface area contributed by atoms with E-state index >= 15 is 0 Å². The number of fused-ring (bicyclic) bond motifs is 1. The zero-order chi connectivity index (χ0) is 16.9. The van der Waals surface area contributed by atoms with Gasteiger partial charge >= 0.3 is 5.97 Å². The van der Waals surface area contributed by atoms with Gasteiger partial charge in [-0.15, -0.1) is 0 Å². The lowest BCUT2D eigenvalue weighted by atomic mass is 10.0. The van der Waals surface area contributed by atoms with Crippen molar-refractivity contribution in [1.82, 2.24) is 0 Å². The van der Waals surface area contributed by atoms with Crippen LogP contribution in [0.4, 0.5) is 0 Å². The Morgan fingerprint density at radius 3 is 2.46 bits per heavy atom. The van der Waals surface area contributed by atoms with Gasteiger partial charge in [-0.2, -0.15) is 0 Å². The van der Waals surface area contributed by atoms with Crippen LogP contribution in [0.3, 0.4) is 0 Å². The highest BCUT2D eigenvalue weighted by Gasteiger charge is 2.19. The molecule has 0 spiro atoms. The molecule has 2 aromatic carbocycles. The van der Waals surface area contributed by atoms with Crippen LogP contribution < -0.4 is 14.2 Å². The molecular weight excluding hydrogens is 310 g/mol. The van der Waals surface area contributed by atoms with E-state index in [9.17, 15) is 4.79 Å². The van der Waals surface area contributed by atoms with Gasteiger partial charge in [-0.05, 0) is 36.4 Å². The predicted molar refractivity (Wildman–Crippen MR) is 88.1 cm³/mol. The molecule has 0 fully saturated rings. The molecule has 0 unspecified atom stereocenters. The lowest BCUT2D eigenvalue weighted by molar-refractivity contribution is 0.0514. The second-order valence-electron chi connectivity index (χ2n) is 5.11. The van der Waals surface area contributed by atoms with E-state index in [2.05, 4.69) is 5.16 Å². The molecule has 0 atom stereocenters. The van der Waals surface area contributed by atoms with Gasteiger partial charge in [0.15, 0.2) is 0 Å². The molecule has 1 aliphatic rings. The lowest BCUT2D eigenvalue weighted by Gasteiger charge is -2.19. The molecule has 2 aromatic rings. The summed E-state index contributed by atoms with van der Waals surface area (Å²) >= 11 is 0. The molecule has 6 nitrogen and oxygen atoms in total. The minimum Gasteiger partial charge on any atom is -0.497 e. The third-order valence-electron chi connectivity index (χ3n) is 3.66. The van der Waals surface area contributed by atoms with Gasteiger partial charge in [0.05, 0.1) is 32.1 Å². The number of carbonyl (C=O) groups excluding carboxylic acids is 1. The topological polar surface area (TPSA) is 66.4 Å². The van der Waals surface area contributed by atoms with E-state index in [1.165, 1.54) is 0 Å². The fourth-order valence-corrected chi connectivity index (χ4v) is 2.35. The number of nitrogens with zero attached hydrogens (tertiary/aromatic N) is 1. The zero-order valence-corrected chi connectivity index (χ0v) is 13.4. The lowest BCUT2D eigenvalue weighted by Crippen LogP contribution is -2.17. The van der Waals surface area contributed by atoms with Crippen molar-refractivity contribution in [3.63, 3.8) is 0 Å². The highest BCUT2D eigenvalue weighted by Crippen LogP contribution is 2.29. The molecule has 0 bridgehead atoms. The van der Waals surface area contributed by atoms with Crippen LogP contribution in [0.2, 0.25) is 0 Å². The Kier molecular flexibility index (Phi) is 4.65. The summed E-state index contributed by atoms with van der Waals surface area (Å²) in [6.07, 6.45) is 0.565. The molecule has 0 aliphatic carbocycles. The van der Waals surface area contributed by atoms with E-state index in [0.29, 0.717) is 41.6 Å². The second kappa shape index (κ2) is 7.04. The van der Waals surface area contributed by atoms with Crippen molar-refractivity contribution >= 4 is 11.7 Å². The minimum atomic E-state index is -0.522. The van der Waals surface area contributed by atoms with Crippen molar-refractivity contribution in [2.75, 3.05) is 20.8 Å². The Hall–Kier alpha value is -3.02. The number of ether oxygens (including phenoxy) is 3. The Bertz CT molecular complexity index is 767. The summed E-state index contributed by atoms with van der Waals surface area (Å²) in [6.45, 7) is 0.471. The summed E-state index contributed by atoms with van der Waals surface area (Å²) in [6, 6.07) is 12.1. The van der Waals surface area contributed by atoms with E-state index in [1.807, 2.05) is 12.1 Å². The quantitative estimate of drug-likeness (QED) is 0.638. The molecule has 3 rings (SSSR count). The van der Waals surface area contributed by atoms with Crippen molar-refractivity contribution in [3.05, 3.63) is 53.6 Å². The van der Waals surface area contributed by atoms with Crippen molar-refractivity contribution < 1.29 is 23.8 Å². The predicted octanol–water partition coefficient (Wildman–Crippen LogP) is 3.05. The number of oxime groups is 1. The summed E-state index contributed by atoms with van der Waals surface area (Å²) in [5, 5.41) is 4.01. The molecule has 6 heteroatoms. The Morgan fingerprint density at radius 2 is 1.75 bits per heavy atom. The smallest absolute Gasteiger partial charge is 0.365 e. The van der Waals surface area contributed by atoms with E-state index in [1.54, 1.807) is 44.6 Å². The fraction of sp³-hybridized carbons (Fsp3) is 0.222. The van der Waals surface area contributed by atoms with Crippen LogP contribution in [0.25, 0.3) is 0 Å². The van der Waals surface area contributed by atoms with Crippen LogP contribution in [0.15, 0.2) is 47.6 Å². The van der Waals surface area contributed by atoms with Crippen LogP contribution >= 0.6 is 0 Å². The fourth-order valence-electron chi connectivity index (χ4n) is 2.35. The maximum absolute atomic E-state index is 12.1. The van der Waals surface area contributed by atoms with Gasteiger partial charge in [-0.3, -0.25) is 0 Å². The van der Waals surface area contributed by atoms with E-state index in [-0.39, 0.29) is 0 Å². The molecule has 1 heterocycles. The Balaban J connectivity index is 1.76. The Labute approximate surface area is 139 Å². The molecule has 0 N–H and O–H groups in total. The number of hydrogen-bond acceptors (Lipinski definition) is 6. The standard InChI is InChI=1S/C18H17NO5/c1-21-13-5-3-12(4-6-13)18(20)24-19-16-9-10-23-17-11-14(22-2)7-8-15(16)17/h3-8,11H,9-10H2,1-2H3. The van der Waals surface area contributed by atoms with E-state index < -0.39 is 5.97 Å². The van der Waals surface area contributed by atoms with Crippen LogP contribution in [0, 0.1) is 0 Å². The van der Waals surface area contributed by atoms with Crippen molar-refractivity contribution in [1.29, 1.82) is 0 Å². The third-order valence-corrected chi connectivity index (χ3v) is 3.66. The van der Waals surface area contributed by atoms with Gasteiger partial charge in [0.25, 0.3) is 0 Å². The van der Waals surface area contributed by atoms with Gasteiger partial charge in [0.1, 0.15) is 17.2 Å². The second-order valence-corrected chi connectivity index (χ2v) is 5.11. The van der Waals surface area contributed by atoms with Gasteiger partial charge in [-0.1, -0.05) is 5.16 Å². The maximum atomic E-state index is 12.1. The average molecular weight is 327 g/mol. The maximum Gasteiger partial charge on any atom is 0.365 e. The van der Waals surface area contributed by atoms with Crippen LogP contribution in [-0.4, -0.2) is 32.5 Å². The van der Waals surface area contributed by atoms with Crippen LogP contribution in [-0.2, 0) is 4.84 Å². The number of benzene rings is 2. The molecule has 24 heavy (non-hydrogen) atoms. The van der Waals surface area contributed by atoms with Gasteiger partial charge in [0, 0.05) is 18.1 Å². The molecule has 0 aromatic heterocycles. The summed E-state index contributed by atoms with van der Waals surface area (Å²) in [5.41, 5.74) is 1.87. The molecule has 124 valence electrons. The largest absolute Gasteiger partial charge is 0.497 e. The minimum absolute atomic E-state index is 0.405. The normalized spacial score (nSPS) is 14.5. The molecular formula is C18H17NO5. The highest BCUT2D eigenvalue weighted by molar-refractivity contribution is 6.04. The first-order valence-electron chi connectivity index (χ1n) is 7.44. The third kappa shape index (κ3) is 3.32. The molecule has 1 aliphatic heterocycles. The van der Waals surface area contributed by atoms with Crippen molar-refractivity contribution in [3.8, 4) is 17.2 Å². The molecule has 0 radical (unpaired) electrons. The number of rotatable bonds is 4. The number of hydrogen-bond donors (Lipinski definition) is 0. The summed E-state index contributed by atoms with van der Waals surface area (Å²) in [5.74, 6) is 1.52. The first kappa shape index (κ1) is 15.9. The zero-order valence-electron chi connectivity index (χ0n) is 13.4. The first-order valence-corrected chi connectivity index (χ1v) is 7.44. The number of methoxy groups -OCH3 is 2. The SMILES string of the molecule is COc1ccc(C(=O)ON=C2CCOc3cc(OC)ccc32)cc1. The van der Waals surface area contributed by atoms with Crippen molar-refractivity contribution in [2.24, 2.45) is 5.16 Å². The van der Waals surface area contributed by atoms with Crippen LogP contribution in [0.5, 0.6) is 17.2 Å². The summed E-state index contributed by atoms with van der Waals surface area (Å²) in [4.78, 5) is 17.2. The van der Waals surface area contributed by atoms with Gasteiger partial charge in [0.2, 0.25) is 0 Å². The molecule has 0 amide bonds.